The predicted molar refractivity (Wildman–Crippen MR) is 78.4 cm³/mol. The van der Waals surface area contributed by atoms with E-state index in [1.54, 1.807) is 7.11 Å². The summed E-state index contributed by atoms with van der Waals surface area (Å²) in [5, 5.41) is 0. The molecule has 0 aliphatic carbocycles. The summed E-state index contributed by atoms with van der Waals surface area (Å²) in [6, 6.07) is 12.5. The Morgan fingerprint density at radius 3 is 2.72 bits per heavy atom. The van der Waals surface area contributed by atoms with Crippen molar-refractivity contribution in [2.75, 3.05) is 13.7 Å². The first kappa shape index (κ1) is 13.1. The van der Waals surface area contributed by atoms with Crippen LogP contribution in [0, 0.1) is 0 Å². The number of nitrogens with two attached hydrogens (primary N) is 1. The Hall–Kier alpha value is -1.32. The zero-order chi connectivity index (χ0) is 13.0. The third-order valence-electron chi connectivity index (χ3n) is 3.08. The third kappa shape index (κ3) is 2.74. The molecule has 1 aromatic carbocycles. The van der Waals surface area contributed by atoms with E-state index in [1.165, 1.54) is 9.75 Å². The van der Waals surface area contributed by atoms with E-state index >= 15 is 0 Å². The van der Waals surface area contributed by atoms with E-state index in [4.69, 9.17) is 10.5 Å². The van der Waals surface area contributed by atoms with Gasteiger partial charge >= 0.3 is 0 Å². The number of thiophene rings is 1. The fourth-order valence-electron chi connectivity index (χ4n) is 2.00. The highest BCUT2D eigenvalue weighted by Crippen LogP contribution is 2.37. The van der Waals surface area contributed by atoms with Crippen LogP contribution in [0.1, 0.15) is 24.1 Å². The number of benzene rings is 1. The minimum Gasteiger partial charge on any atom is -0.496 e. The second-order valence-corrected chi connectivity index (χ2v) is 5.50. The van der Waals surface area contributed by atoms with Crippen LogP contribution in [-0.4, -0.2) is 13.7 Å². The second kappa shape index (κ2) is 6.03. The van der Waals surface area contributed by atoms with Crippen molar-refractivity contribution in [2.24, 2.45) is 5.73 Å². The molecule has 0 amide bonds. The minimum atomic E-state index is 0.531. The average Bonchev–Trinajstić information content (AvgIpc) is 2.88. The lowest BCUT2D eigenvalue weighted by Crippen LogP contribution is -2.03. The zero-order valence-corrected chi connectivity index (χ0v) is 11.7. The van der Waals surface area contributed by atoms with Gasteiger partial charge in [0, 0.05) is 15.3 Å². The summed E-state index contributed by atoms with van der Waals surface area (Å²) in [4.78, 5) is 2.65. The molecule has 1 unspecified atom stereocenters. The van der Waals surface area contributed by atoms with Crippen LogP contribution in [0.25, 0.3) is 10.4 Å². The highest BCUT2D eigenvalue weighted by Gasteiger charge is 2.11. The van der Waals surface area contributed by atoms with Crippen molar-refractivity contribution in [2.45, 2.75) is 19.3 Å². The van der Waals surface area contributed by atoms with E-state index < -0.39 is 0 Å². The van der Waals surface area contributed by atoms with E-state index in [0.717, 1.165) is 24.3 Å². The Kier molecular flexibility index (Phi) is 4.39. The van der Waals surface area contributed by atoms with Gasteiger partial charge in [-0.2, -0.15) is 0 Å². The van der Waals surface area contributed by atoms with E-state index in [-0.39, 0.29) is 0 Å². The van der Waals surface area contributed by atoms with Gasteiger partial charge in [0.25, 0.3) is 0 Å². The van der Waals surface area contributed by atoms with Crippen LogP contribution in [-0.2, 0) is 0 Å². The van der Waals surface area contributed by atoms with Gasteiger partial charge in [-0.1, -0.05) is 19.1 Å². The largest absolute Gasteiger partial charge is 0.496 e. The standard InChI is InChI=1S/C15H19NOS/c1-11(9-10-16)14-7-8-15(18-14)12-5-3-4-6-13(12)17-2/h3-8,11H,9-10,16H2,1-2H3. The maximum absolute atomic E-state index is 5.61. The van der Waals surface area contributed by atoms with Gasteiger partial charge in [0.05, 0.1) is 7.11 Å². The Morgan fingerprint density at radius 2 is 2.00 bits per heavy atom. The molecule has 2 rings (SSSR count). The lowest BCUT2D eigenvalue weighted by molar-refractivity contribution is 0.416. The number of methoxy groups -OCH3 is 1. The van der Waals surface area contributed by atoms with Gasteiger partial charge in [0.1, 0.15) is 5.75 Å². The molecule has 0 fully saturated rings. The van der Waals surface area contributed by atoms with Gasteiger partial charge in [-0.25, -0.2) is 0 Å². The summed E-state index contributed by atoms with van der Waals surface area (Å²) in [6.07, 6.45) is 1.03. The maximum atomic E-state index is 5.61. The molecule has 2 N–H and O–H groups in total. The molecule has 0 spiro atoms. The van der Waals surface area contributed by atoms with Crippen LogP contribution in [0.5, 0.6) is 5.75 Å². The molecule has 2 aromatic rings. The Labute approximate surface area is 112 Å². The van der Waals surface area contributed by atoms with Crippen molar-refractivity contribution in [3.8, 4) is 16.2 Å². The normalized spacial score (nSPS) is 12.4. The first-order valence-corrected chi connectivity index (χ1v) is 7.01. The third-order valence-corrected chi connectivity index (χ3v) is 4.43. The molecular formula is C15H19NOS. The zero-order valence-electron chi connectivity index (χ0n) is 10.8. The summed E-state index contributed by atoms with van der Waals surface area (Å²) in [7, 11) is 1.71. The SMILES string of the molecule is COc1ccccc1-c1ccc(C(C)CCN)s1. The highest BCUT2D eigenvalue weighted by molar-refractivity contribution is 7.15. The monoisotopic (exact) mass is 261 g/mol. The highest BCUT2D eigenvalue weighted by atomic mass is 32.1. The number of rotatable bonds is 5. The number of hydrogen-bond acceptors (Lipinski definition) is 3. The Bertz CT molecular complexity index is 507. The van der Waals surface area contributed by atoms with E-state index in [2.05, 4.69) is 25.1 Å². The molecule has 18 heavy (non-hydrogen) atoms. The molecule has 0 saturated heterocycles. The van der Waals surface area contributed by atoms with Gasteiger partial charge in [-0.3, -0.25) is 0 Å². The second-order valence-electron chi connectivity index (χ2n) is 4.38. The van der Waals surface area contributed by atoms with Crippen LogP contribution >= 0.6 is 11.3 Å². The molecule has 1 heterocycles. The van der Waals surface area contributed by atoms with Crippen molar-refractivity contribution >= 4 is 11.3 Å². The van der Waals surface area contributed by atoms with Gasteiger partial charge < -0.3 is 10.5 Å². The van der Waals surface area contributed by atoms with Crippen molar-refractivity contribution in [1.29, 1.82) is 0 Å². The first-order chi connectivity index (χ1) is 8.76. The van der Waals surface area contributed by atoms with Gasteiger partial charge in [-0.05, 0) is 43.1 Å². The minimum absolute atomic E-state index is 0.531. The van der Waals surface area contributed by atoms with Crippen LogP contribution in [0.3, 0.4) is 0 Å². The summed E-state index contributed by atoms with van der Waals surface area (Å²) >= 11 is 1.83. The smallest absolute Gasteiger partial charge is 0.127 e. The number of para-hydroxylation sites is 1. The summed E-state index contributed by atoms with van der Waals surface area (Å²) in [5.74, 6) is 1.46. The molecule has 0 aliphatic heterocycles. The average molecular weight is 261 g/mol. The fourth-order valence-corrected chi connectivity index (χ4v) is 3.13. The quantitative estimate of drug-likeness (QED) is 0.886. The molecule has 2 nitrogen and oxygen atoms in total. The molecule has 0 bridgehead atoms. The number of ether oxygens (including phenoxy) is 1. The number of hydrogen-bond donors (Lipinski definition) is 1. The molecule has 1 aromatic heterocycles. The van der Waals surface area contributed by atoms with Crippen molar-refractivity contribution in [1.82, 2.24) is 0 Å². The van der Waals surface area contributed by atoms with E-state index in [1.807, 2.05) is 29.5 Å². The van der Waals surface area contributed by atoms with E-state index in [0.29, 0.717) is 5.92 Å². The molecule has 3 heteroatoms. The Balaban J connectivity index is 2.29. The van der Waals surface area contributed by atoms with Crippen LogP contribution in [0.2, 0.25) is 0 Å². The Morgan fingerprint density at radius 1 is 1.22 bits per heavy atom. The molecule has 1 atom stereocenters. The topological polar surface area (TPSA) is 35.2 Å². The van der Waals surface area contributed by atoms with Crippen molar-refractivity contribution in [3.63, 3.8) is 0 Å². The molecule has 0 aliphatic rings. The van der Waals surface area contributed by atoms with E-state index in [9.17, 15) is 0 Å². The maximum Gasteiger partial charge on any atom is 0.127 e. The predicted octanol–water partition coefficient (Wildman–Crippen LogP) is 3.88. The molecule has 0 radical (unpaired) electrons. The van der Waals surface area contributed by atoms with Gasteiger partial charge in [0.2, 0.25) is 0 Å². The van der Waals surface area contributed by atoms with Crippen molar-refractivity contribution in [3.05, 3.63) is 41.3 Å². The summed E-state index contributed by atoms with van der Waals surface area (Å²) in [5.41, 5.74) is 6.78. The lowest BCUT2D eigenvalue weighted by atomic mass is 10.1. The van der Waals surface area contributed by atoms with Gasteiger partial charge in [0.15, 0.2) is 0 Å². The van der Waals surface area contributed by atoms with Crippen molar-refractivity contribution < 1.29 is 4.74 Å². The molecule has 0 saturated carbocycles. The first-order valence-electron chi connectivity index (χ1n) is 6.19. The lowest BCUT2D eigenvalue weighted by Gasteiger charge is -2.07. The fraction of sp³-hybridized carbons (Fsp3) is 0.333. The summed E-state index contributed by atoms with van der Waals surface area (Å²) < 4.78 is 5.40. The van der Waals surface area contributed by atoms with Crippen LogP contribution in [0.15, 0.2) is 36.4 Å². The van der Waals surface area contributed by atoms with Gasteiger partial charge in [-0.15, -0.1) is 11.3 Å². The van der Waals surface area contributed by atoms with Crippen LogP contribution in [0.4, 0.5) is 0 Å². The van der Waals surface area contributed by atoms with Crippen LogP contribution < -0.4 is 10.5 Å². The molecular weight excluding hydrogens is 242 g/mol. The molecule has 96 valence electrons. The summed E-state index contributed by atoms with van der Waals surface area (Å²) in [6.45, 7) is 2.97.